The van der Waals surface area contributed by atoms with Crippen LogP contribution in [0.2, 0.25) is 0 Å². The molecule has 3 nitrogen and oxygen atoms in total. The molecule has 2 aliphatic rings. The molecule has 0 saturated carbocycles. The molecule has 1 aromatic carbocycles. The average molecular weight is 284 g/mol. The second kappa shape index (κ2) is 4.77. The summed E-state index contributed by atoms with van der Waals surface area (Å²) in [5, 5.41) is 0. The number of thioether (sulfide) groups is 1. The number of hydrogen-bond donors (Lipinski definition) is 1. The Morgan fingerprint density at radius 2 is 2.05 bits per heavy atom. The molecular formula is C16H16N2OS. The molecule has 0 radical (unpaired) electrons. The lowest BCUT2D eigenvalue weighted by molar-refractivity contribution is 0.550. The summed E-state index contributed by atoms with van der Waals surface area (Å²) in [6.07, 6.45) is 3.15. The van der Waals surface area contributed by atoms with Crippen LogP contribution in [0.15, 0.2) is 29.1 Å². The van der Waals surface area contributed by atoms with Crippen LogP contribution in [0.4, 0.5) is 0 Å². The Morgan fingerprint density at radius 1 is 1.20 bits per heavy atom. The van der Waals surface area contributed by atoms with Crippen LogP contribution in [0, 0.1) is 0 Å². The number of fused-ring (bicyclic) bond motifs is 2. The second-order valence-electron chi connectivity index (χ2n) is 5.58. The molecule has 1 aliphatic heterocycles. The van der Waals surface area contributed by atoms with Gasteiger partial charge in [0.05, 0.1) is 5.69 Å². The number of aromatic amines is 1. The summed E-state index contributed by atoms with van der Waals surface area (Å²) in [4.78, 5) is 19.9. The van der Waals surface area contributed by atoms with Gasteiger partial charge in [-0.3, -0.25) is 4.79 Å². The quantitative estimate of drug-likeness (QED) is 0.876. The Bertz CT molecular complexity index is 723. The van der Waals surface area contributed by atoms with Crippen molar-refractivity contribution in [3.8, 4) is 0 Å². The van der Waals surface area contributed by atoms with Crippen LogP contribution in [0.1, 0.15) is 40.5 Å². The molecule has 0 saturated heterocycles. The Labute approximate surface area is 121 Å². The molecule has 2 heterocycles. The SMILES string of the molecule is O=c1[nH]c(C2CCc3ccccc3C2)nc2c1CSC2. The molecule has 0 amide bonds. The summed E-state index contributed by atoms with van der Waals surface area (Å²) in [5.41, 5.74) is 4.82. The maximum absolute atomic E-state index is 12.1. The van der Waals surface area contributed by atoms with Gasteiger partial charge in [-0.2, -0.15) is 11.8 Å². The van der Waals surface area contributed by atoms with Gasteiger partial charge >= 0.3 is 0 Å². The molecule has 102 valence electrons. The fourth-order valence-corrected chi connectivity index (χ4v) is 4.24. The molecule has 0 bridgehead atoms. The summed E-state index contributed by atoms with van der Waals surface area (Å²) >= 11 is 1.78. The topological polar surface area (TPSA) is 45.8 Å². The van der Waals surface area contributed by atoms with Crippen molar-refractivity contribution in [2.75, 3.05) is 0 Å². The minimum Gasteiger partial charge on any atom is -0.310 e. The maximum Gasteiger partial charge on any atom is 0.255 e. The van der Waals surface area contributed by atoms with Crippen molar-refractivity contribution in [2.24, 2.45) is 0 Å². The molecule has 1 aliphatic carbocycles. The zero-order valence-corrected chi connectivity index (χ0v) is 12.0. The normalized spacial score (nSPS) is 20.5. The third kappa shape index (κ3) is 1.99. The van der Waals surface area contributed by atoms with Crippen LogP contribution in [-0.4, -0.2) is 9.97 Å². The van der Waals surface area contributed by atoms with Crippen LogP contribution in [0.3, 0.4) is 0 Å². The zero-order valence-electron chi connectivity index (χ0n) is 11.2. The van der Waals surface area contributed by atoms with Crippen molar-refractivity contribution < 1.29 is 0 Å². The highest BCUT2D eigenvalue weighted by Gasteiger charge is 2.24. The Balaban J connectivity index is 1.70. The lowest BCUT2D eigenvalue weighted by Gasteiger charge is -2.24. The zero-order chi connectivity index (χ0) is 13.5. The van der Waals surface area contributed by atoms with Gasteiger partial charge in [0.1, 0.15) is 5.82 Å². The van der Waals surface area contributed by atoms with Crippen LogP contribution in [0.25, 0.3) is 0 Å². The van der Waals surface area contributed by atoms with E-state index in [4.69, 9.17) is 4.98 Å². The van der Waals surface area contributed by atoms with Gasteiger partial charge in [-0.25, -0.2) is 4.98 Å². The number of aromatic nitrogens is 2. The van der Waals surface area contributed by atoms with E-state index in [-0.39, 0.29) is 5.56 Å². The highest BCUT2D eigenvalue weighted by atomic mass is 32.2. The highest BCUT2D eigenvalue weighted by molar-refractivity contribution is 7.98. The lowest BCUT2D eigenvalue weighted by Crippen LogP contribution is -2.22. The molecule has 1 aromatic heterocycles. The summed E-state index contributed by atoms with van der Waals surface area (Å²) in [6.45, 7) is 0. The molecule has 1 atom stereocenters. The monoisotopic (exact) mass is 284 g/mol. The van der Waals surface area contributed by atoms with Gasteiger partial charge in [-0.1, -0.05) is 24.3 Å². The van der Waals surface area contributed by atoms with Gasteiger partial charge in [0.15, 0.2) is 0 Å². The first-order valence-corrected chi connectivity index (χ1v) is 8.23. The number of aryl methyl sites for hydroxylation is 1. The number of hydrogen-bond acceptors (Lipinski definition) is 3. The van der Waals surface area contributed by atoms with Crippen LogP contribution >= 0.6 is 11.8 Å². The van der Waals surface area contributed by atoms with Crippen molar-refractivity contribution in [3.63, 3.8) is 0 Å². The van der Waals surface area contributed by atoms with E-state index in [1.54, 1.807) is 11.8 Å². The predicted octanol–water partition coefficient (Wildman–Crippen LogP) is 2.79. The van der Waals surface area contributed by atoms with E-state index in [0.29, 0.717) is 5.92 Å². The van der Waals surface area contributed by atoms with Crippen LogP contribution in [0.5, 0.6) is 0 Å². The maximum atomic E-state index is 12.1. The number of nitrogens with zero attached hydrogens (tertiary/aromatic N) is 1. The van der Waals surface area contributed by atoms with Crippen molar-refractivity contribution in [1.29, 1.82) is 0 Å². The van der Waals surface area contributed by atoms with E-state index in [2.05, 4.69) is 29.2 Å². The fourth-order valence-electron chi connectivity index (χ4n) is 3.21. The van der Waals surface area contributed by atoms with Crippen LogP contribution in [-0.2, 0) is 24.3 Å². The summed E-state index contributed by atoms with van der Waals surface area (Å²) < 4.78 is 0. The van der Waals surface area contributed by atoms with Gasteiger partial charge in [-0.05, 0) is 30.4 Å². The third-order valence-electron chi connectivity index (χ3n) is 4.34. The van der Waals surface area contributed by atoms with Gasteiger partial charge in [-0.15, -0.1) is 0 Å². The lowest BCUT2D eigenvalue weighted by atomic mass is 9.83. The van der Waals surface area contributed by atoms with Crippen molar-refractivity contribution in [3.05, 3.63) is 62.8 Å². The molecule has 1 N–H and O–H groups in total. The fraction of sp³-hybridized carbons (Fsp3) is 0.375. The highest BCUT2D eigenvalue weighted by Crippen LogP contribution is 2.32. The molecule has 4 heteroatoms. The predicted molar refractivity (Wildman–Crippen MR) is 81.1 cm³/mol. The summed E-state index contributed by atoms with van der Waals surface area (Å²) in [5.74, 6) is 2.94. The Hall–Kier alpha value is -1.55. The second-order valence-corrected chi connectivity index (χ2v) is 6.56. The molecule has 4 rings (SSSR count). The van der Waals surface area contributed by atoms with E-state index < -0.39 is 0 Å². The molecule has 1 unspecified atom stereocenters. The van der Waals surface area contributed by atoms with E-state index in [0.717, 1.165) is 47.8 Å². The minimum atomic E-state index is 0.0776. The van der Waals surface area contributed by atoms with Crippen molar-refractivity contribution >= 4 is 11.8 Å². The number of benzene rings is 1. The molecule has 0 fully saturated rings. The van der Waals surface area contributed by atoms with E-state index in [1.165, 1.54) is 11.1 Å². The van der Waals surface area contributed by atoms with Gasteiger partial charge in [0, 0.05) is 23.0 Å². The Morgan fingerprint density at radius 3 is 2.95 bits per heavy atom. The molecule has 0 spiro atoms. The standard InChI is InChI=1S/C16H16N2OS/c19-16-13-8-20-9-14(13)17-15(18-16)12-6-5-10-3-1-2-4-11(10)7-12/h1-4,12H,5-9H2,(H,17,18,19). The van der Waals surface area contributed by atoms with Gasteiger partial charge < -0.3 is 4.98 Å². The first kappa shape index (κ1) is 12.2. The first-order valence-electron chi connectivity index (χ1n) is 7.08. The first-order chi connectivity index (χ1) is 9.81. The average Bonchev–Trinajstić information content (AvgIpc) is 2.96. The summed E-state index contributed by atoms with van der Waals surface area (Å²) in [6, 6.07) is 8.60. The van der Waals surface area contributed by atoms with Crippen molar-refractivity contribution in [1.82, 2.24) is 9.97 Å². The van der Waals surface area contributed by atoms with Gasteiger partial charge in [0.25, 0.3) is 5.56 Å². The van der Waals surface area contributed by atoms with Crippen LogP contribution < -0.4 is 5.56 Å². The van der Waals surface area contributed by atoms with E-state index >= 15 is 0 Å². The largest absolute Gasteiger partial charge is 0.310 e. The number of H-pyrrole nitrogens is 1. The van der Waals surface area contributed by atoms with Gasteiger partial charge in [0.2, 0.25) is 0 Å². The van der Waals surface area contributed by atoms with Crippen molar-refractivity contribution in [2.45, 2.75) is 36.7 Å². The van der Waals surface area contributed by atoms with E-state index in [9.17, 15) is 4.79 Å². The molecule has 20 heavy (non-hydrogen) atoms. The minimum absolute atomic E-state index is 0.0776. The number of rotatable bonds is 1. The molecule has 2 aromatic rings. The molecular weight excluding hydrogens is 268 g/mol. The Kier molecular flexibility index (Phi) is 2.91. The smallest absolute Gasteiger partial charge is 0.255 e. The summed E-state index contributed by atoms with van der Waals surface area (Å²) in [7, 11) is 0. The van der Waals surface area contributed by atoms with E-state index in [1.807, 2.05) is 0 Å². The number of nitrogens with one attached hydrogen (secondary N) is 1. The third-order valence-corrected chi connectivity index (χ3v) is 5.31.